The molecule has 0 aliphatic heterocycles. The van der Waals surface area contributed by atoms with Crippen molar-refractivity contribution < 1.29 is 27.1 Å². The summed E-state index contributed by atoms with van der Waals surface area (Å²) in [5, 5.41) is 0. The molecule has 3 aromatic rings. The molecule has 2 aliphatic rings. The lowest BCUT2D eigenvalue weighted by Crippen LogP contribution is -2.21. The standard InChI is InChI=1S/C32H30F4O2/c1-3-23-29(35)27(17-28(34)30(23)36)31(37)26-16-21(19-11-13-22(33)14-12-19)15-25(26)24-6-4-5-20(32(24)38-2)10-9-18-7-8-18/h4-6,11-14,16-18,25-26H,3,7-10,15H2,1-2H3. The number of hydrogen-bond donors (Lipinski definition) is 0. The zero-order valence-corrected chi connectivity index (χ0v) is 21.5. The van der Waals surface area contributed by atoms with E-state index in [1.54, 1.807) is 25.3 Å². The van der Waals surface area contributed by atoms with E-state index >= 15 is 4.39 Å². The fraction of sp³-hybridized carbons (Fsp3) is 0.344. The zero-order valence-electron chi connectivity index (χ0n) is 21.5. The van der Waals surface area contributed by atoms with Gasteiger partial charge in [-0.15, -0.1) is 0 Å². The molecule has 0 radical (unpaired) electrons. The number of carbonyl (C=O) groups is 1. The number of ether oxygens (including phenoxy) is 1. The van der Waals surface area contributed by atoms with Crippen molar-refractivity contribution in [3.63, 3.8) is 0 Å². The first-order chi connectivity index (χ1) is 18.3. The topological polar surface area (TPSA) is 26.3 Å². The summed E-state index contributed by atoms with van der Waals surface area (Å²) in [6, 6.07) is 12.5. The molecule has 2 unspecified atom stereocenters. The van der Waals surface area contributed by atoms with Crippen LogP contribution < -0.4 is 4.74 Å². The molecule has 198 valence electrons. The molecule has 2 atom stereocenters. The monoisotopic (exact) mass is 522 g/mol. The van der Waals surface area contributed by atoms with Crippen molar-refractivity contribution in [3.8, 4) is 5.75 Å². The van der Waals surface area contributed by atoms with E-state index in [0.717, 1.165) is 41.0 Å². The highest BCUT2D eigenvalue weighted by Crippen LogP contribution is 2.48. The average molecular weight is 523 g/mol. The second kappa shape index (κ2) is 10.8. The first-order valence-electron chi connectivity index (χ1n) is 13.1. The molecule has 0 aromatic heterocycles. The maximum absolute atomic E-state index is 15.3. The van der Waals surface area contributed by atoms with E-state index in [1.807, 2.05) is 18.2 Å². The van der Waals surface area contributed by atoms with Crippen LogP contribution >= 0.6 is 0 Å². The normalized spacial score (nSPS) is 18.9. The van der Waals surface area contributed by atoms with Gasteiger partial charge in [-0.05, 0) is 72.1 Å². The number of aryl methyl sites for hydroxylation is 1. The maximum Gasteiger partial charge on any atom is 0.173 e. The van der Waals surface area contributed by atoms with Gasteiger partial charge in [0.05, 0.1) is 12.7 Å². The lowest BCUT2D eigenvalue weighted by Gasteiger charge is -2.23. The maximum atomic E-state index is 15.3. The van der Waals surface area contributed by atoms with E-state index in [0.29, 0.717) is 18.2 Å². The number of hydrogen-bond acceptors (Lipinski definition) is 2. The quantitative estimate of drug-likeness (QED) is 0.161. The Balaban J connectivity index is 1.59. The molecule has 2 nitrogen and oxygen atoms in total. The number of rotatable bonds is 9. The van der Waals surface area contributed by atoms with E-state index in [4.69, 9.17) is 4.74 Å². The molecule has 38 heavy (non-hydrogen) atoms. The Hall–Kier alpha value is -3.41. The molecule has 6 heteroatoms. The van der Waals surface area contributed by atoms with Gasteiger partial charge < -0.3 is 4.74 Å². The molecule has 0 N–H and O–H groups in total. The molecule has 0 saturated heterocycles. The minimum absolute atomic E-state index is 0.0860. The van der Waals surface area contributed by atoms with E-state index in [-0.39, 0.29) is 12.2 Å². The van der Waals surface area contributed by atoms with Gasteiger partial charge in [0.15, 0.2) is 17.4 Å². The third-order valence-electron chi connectivity index (χ3n) is 7.89. The summed E-state index contributed by atoms with van der Waals surface area (Å²) in [5.41, 5.74) is 2.51. The second-order valence-electron chi connectivity index (χ2n) is 10.3. The summed E-state index contributed by atoms with van der Waals surface area (Å²) >= 11 is 0. The highest BCUT2D eigenvalue weighted by atomic mass is 19.2. The number of Topliss-reactive ketones (excluding diaryl/α,β-unsaturated/α-hetero) is 1. The summed E-state index contributed by atoms with van der Waals surface area (Å²) in [7, 11) is 1.60. The van der Waals surface area contributed by atoms with Crippen molar-refractivity contribution in [1.29, 1.82) is 0 Å². The summed E-state index contributed by atoms with van der Waals surface area (Å²) in [5.74, 6) is -4.36. The Labute approximate surface area is 220 Å². The zero-order chi connectivity index (χ0) is 27.0. The van der Waals surface area contributed by atoms with Crippen LogP contribution in [0.3, 0.4) is 0 Å². The van der Waals surface area contributed by atoms with Gasteiger partial charge in [-0.25, -0.2) is 17.6 Å². The van der Waals surface area contributed by atoms with Gasteiger partial charge in [0.1, 0.15) is 17.4 Å². The Morgan fingerprint density at radius 2 is 1.74 bits per heavy atom. The van der Waals surface area contributed by atoms with Crippen molar-refractivity contribution in [1.82, 2.24) is 0 Å². The molecule has 0 amide bonds. The van der Waals surface area contributed by atoms with Gasteiger partial charge >= 0.3 is 0 Å². The van der Waals surface area contributed by atoms with E-state index in [2.05, 4.69) is 0 Å². The fourth-order valence-electron chi connectivity index (χ4n) is 5.64. The van der Waals surface area contributed by atoms with E-state index < -0.39 is 46.2 Å². The van der Waals surface area contributed by atoms with Gasteiger partial charge in [-0.2, -0.15) is 0 Å². The van der Waals surface area contributed by atoms with Crippen molar-refractivity contribution in [2.24, 2.45) is 11.8 Å². The minimum atomic E-state index is -1.27. The number of halogens is 4. The first kappa shape index (κ1) is 26.2. The molecule has 0 spiro atoms. The number of carbonyl (C=O) groups excluding carboxylic acids is 1. The SMILES string of the molecule is CCc1c(F)c(F)cc(C(=O)C2C=C(c3ccc(F)cc3)CC2c2cccc(CCC3CC3)c2OC)c1F. The molecule has 0 bridgehead atoms. The Bertz CT molecular complexity index is 1390. The van der Waals surface area contributed by atoms with Gasteiger partial charge in [0.25, 0.3) is 0 Å². The van der Waals surface area contributed by atoms with Gasteiger partial charge in [-0.1, -0.05) is 56.2 Å². The van der Waals surface area contributed by atoms with Crippen LogP contribution in [0.4, 0.5) is 17.6 Å². The molecular formula is C32H30F4O2. The first-order valence-corrected chi connectivity index (χ1v) is 13.1. The van der Waals surface area contributed by atoms with Crippen LogP contribution in [0.15, 0.2) is 54.6 Å². The number of allylic oxidation sites excluding steroid dienone is 2. The molecule has 0 heterocycles. The van der Waals surface area contributed by atoms with E-state index in [9.17, 15) is 18.0 Å². The molecule has 5 rings (SSSR count). The van der Waals surface area contributed by atoms with Crippen molar-refractivity contribution in [2.45, 2.75) is 51.4 Å². The summed E-state index contributed by atoms with van der Waals surface area (Å²) in [6.45, 7) is 1.51. The van der Waals surface area contributed by atoms with Crippen LogP contribution in [0.5, 0.6) is 5.75 Å². The van der Waals surface area contributed by atoms with Crippen LogP contribution in [-0.2, 0) is 12.8 Å². The lowest BCUT2D eigenvalue weighted by atomic mass is 9.81. The smallest absolute Gasteiger partial charge is 0.173 e. The van der Waals surface area contributed by atoms with Crippen molar-refractivity contribution in [2.75, 3.05) is 7.11 Å². The summed E-state index contributed by atoms with van der Waals surface area (Å²) in [4.78, 5) is 13.8. The third-order valence-corrected chi connectivity index (χ3v) is 7.89. The summed E-state index contributed by atoms with van der Waals surface area (Å²) in [6.07, 6.45) is 6.49. The molecular weight excluding hydrogens is 492 g/mol. The second-order valence-corrected chi connectivity index (χ2v) is 10.3. The Morgan fingerprint density at radius 3 is 2.39 bits per heavy atom. The molecule has 1 fully saturated rings. The van der Waals surface area contributed by atoms with Crippen LogP contribution in [-0.4, -0.2) is 12.9 Å². The third kappa shape index (κ3) is 5.01. The van der Waals surface area contributed by atoms with Gasteiger partial charge in [-0.3, -0.25) is 4.79 Å². The Morgan fingerprint density at radius 1 is 1.00 bits per heavy atom. The van der Waals surface area contributed by atoms with E-state index in [1.165, 1.54) is 31.9 Å². The number of para-hydroxylation sites is 1. The predicted octanol–water partition coefficient (Wildman–Crippen LogP) is 8.23. The van der Waals surface area contributed by atoms with Crippen LogP contribution in [0.25, 0.3) is 5.57 Å². The van der Waals surface area contributed by atoms with Crippen molar-refractivity contribution >= 4 is 11.4 Å². The molecule has 3 aromatic carbocycles. The fourth-order valence-corrected chi connectivity index (χ4v) is 5.64. The number of methoxy groups -OCH3 is 1. The summed E-state index contributed by atoms with van der Waals surface area (Å²) < 4.78 is 63.4. The molecule has 1 saturated carbocycles. The van der Waals surface area contributed by atoms with Crippen molar-refractivity contribution in [3.05, 3.63) is 106 Å². The number of benzene rings is 3. The van der Waals surface area contributed by atoms with Gasteiger partial charge in [0, 0.05) is 17.4 Å². The minimum Gasteiger partial charge on any atom is -0.496 e. The highest BCUT2D eigenvalue weighted by Gasteiger charge is 2.38. The predicted molar refractivity (Wildman–Crippen MR) is 139 cm³/mol. The number of ketones is 1. The highest BCUT2D eigenvalue weighted by molar-refractivity contribution is 6.02. The van der Waals surface area contributed by atoms with Crippen LogP contribution in [0, 0.1) is 35.1 Å². The largest absolute Gasteiger partial charge is 0.496 e. The van der Waals surface area contributed by atoms with Crippen LogP contribution in [0.1, 0.15) is 71.1 Å². The van der Waals surface area contributed by atoms with Crippen LogP contribution in [0.2, 0.25) is 0 Å². The molecule has 2 aliphatic carbocycles. The Kier molecular flexibility index (Phi) is 7.42. The lowest BCUT2D eigenvalue weighted by molar-refractivity contribution is 0.0929. The van der Waals surface area contributed by atoms with Gasteiger partial charge in [0.2, 0.25) is 0 Å². The average Bonchev–Trinajstić information content (AvgIpc) is 3.65.